The Bertz CT molecular complexity index is 936. The van der Waals surface area contributed by atoms with E-state index in [0.717, 1.165) is 50.0 Å². The fraction of sp³-hybridized carbons (Fsp3) is 0.609. The standard InChI is InChI=1S/C23H34N6O2/c1-14(12-21(30)20-13-28(5)27-16(20)3)23(31)29-10-8-18(9-11-29)6-7-19-15(2)25-17(4)26-22(19)24/h13-14,18H,6-12H2,1-5H3,(H2,24,25,26)/t14-/m1/s1. The van der Waals surface area contributed by atoms with Crippen LogP contribution in [0.2, 0.25) is 0 Å². The number of amides is 1. The summed E-state index contributed by atoms with van der Waals surface area (Å²) >= 11 is 0. The first kappa shape index (κ1) is 22.9. The molecule has 8 nitrogen and oxygen atoms in total. The zero-order valence-electron chi connectivity index (χ0n) is 19.3. The fourth-order valence-corrected chi connectivity index (χ4v) is 4.52. The second-order valence-corrected chi connectivity index (χ2v) is 8.86. The van der Waals surface area contributed by atoms with Crippen molar-refractivity contribution in [2.45, 2.75) is 59.8 Å². The Balaban J connectivity index is 1.48. The zero-order chi connectivity index (χ0) is 22.7. The van der Waals surface area contributed by atoms with Gasteiger partial charge in [-0.1, -0.05) is 6.92 Å². The van der Waals surface area contributed by atoms with Gasteiger partial charge in [0.05, 0.1) is 11.3 Å². The molecule has 2 N–H and O–H groups in total. The van der Waals surface area contributed by atoms with Gasteiger partial charge in [-0.3, -0.25) is 14.3 Å². The third-order valence-corrected chi connectivity index (χ3v) is 6.31. The summed E-state index contributed by atoms with van der Waals surface area (Å²) in [6.45, 7) is 8.99. The molecule has 0 spiro atoms. The molecule has 1 fully saturated rings. The number of nitrogens with zero attached hydrogens (tertiary/aromatic N) is 5. The van der Waals surface area contributed by atoms with Crippen molar-refractivity contribution in [3.05, 3.63) is 34.5 Å². The number of piperidine rings is 1. The summed E-state index contributed by atoms with van der Waals surface area (Å²) in [6, 6.07) is 0. The average molecular weight is 427 g/mol. The molecule has 1 atom stereocenters. The van der Waals surface area contributed by atoms with E-state index in [9.17, 15) is 9.59 Å². The highest BCUT2D eigenvalue weighted by Gasteiger charge is 2.28. The maximum Gasteiger partial charge on any atom is 0.225 e. The lowest BCUT2D eigenvalue weighted by atomic mass is 9.89. The molecule has 0 aliphatic carbocycles. The summed E-state index contributed by atoms with van der Waals surface area (Å²) in [7, 11) is 1.80. The van der Waals surface area contributed by atoms with E-state index in [-0.39, 0.29) is 24.0 Å². The van der Waals surface area contributed by atoms with Crippen LogP contribution in [0.5, 0.6) is 0 Å². The molecule has 0 saturated carbocycles. The number of aromatic nitrogens is 4. The van der Waals surface area contributed by atoms with Crippen molar-refractivity contribution in [3.63, 3.8) is 0 Å². The average Bonchev–Trinajstić information content (AvgIpc) is 3.05. The van der Waals surface area contributed by atoms with Gasteiger partial charge in [-0.2, -0.15) is 5.10 Å². The minimum atomic E-state index is -0.323. The minimum absolute atomic E-state index is 0.0189. The van der Waals surface area contributed by atoms with E-state index >= 15 is 0 Å². The van der Waals surface area contributed by atoms with Gasteiger partial charge in [-0.15, -0.1) is 0 Å². The molecule has 2 aromatic rings. The van der Waals surface area contributed by atoms with Crippen LogP contribution in [0.25, 0.3) is 0 Å². The molecule has 1 saturated heterocycles. The third kappa shape index (κ3) is 5.48. The van der Waals surface area contributed by atoms with Crippen LogP contribution < -0.4 is 5.73 Å². The predicted octanol–water partition coefficient (Wildman–Crippen LogP) is 2.80. The molecule has 3 heterocycles. The number of aryl methyl sites for hydroxylation is 4. The summed E-state index contributed by atoms with van der Waals surface area (Å²) in [5.74, 6) is 1.57. The quantitative estimate of drug-likeness (QED) is 0.682. The fourth-order valence-electron chi connectivity index (χ4n) is 4.52. The molecular weight excluding hydrogens is 392 g/mol. The number of nitrogen functional groups attached to an aromatic ring is 1. The number of rotatable bonds is 7. The van der Waals surface area contributed by atoms with Gasteiger partial charge < -0.3 is 10.6 Å². The lowest BCUT2D eigenvalue weighted by Crippen LogP contribution is -2.41. The maximum atomic E-state index is 12.9. The van der Waals surface area contributed by atoms with Crippen LogP contribution >= 0.6 is 0 Å². The van der Waals surface area contributed by atoms with Crippen LogP contribution in [0.3, 0.4) is 0 Å². The summed E-state index contributed by atoms with van der Waals surface area (Å²) in [6.07, 6.45) is 5.78. The lowest BCUT2D eigenvalue weighted by molar-refractivity contribution is -0.136. The highest BCUT2D eigenvalue weighted by Crippen LogP contribution is 2.26. The van der Waals surface area contributed by atoms with Gasteiger partial charge in [-0.05, 0) is 52.4 Å². The molecule has 3 rings (SSSR count). The van der Waals surface area contributed by atoms with Crippen LogP contribution in [0, 0.1) is 32.6 Å². The van der Waals surface area contributed by atoms with Crippen molar-refractivity contribution in [1.29, 1.82) is 0 Å². The van der Waals surface area contributed by atoms with E-state index in [1.807, 2.05) is 32.6 Å². The molecule has 1 amide bonds. The highest BCUT2D eigenvalue weighted by molar-refractivity contribution is 5.99. The monoisotopic (exact) mass is 426 g/mol. The van der Waals surface area contributed by atoms with Crippen LogP contribution in [-0.4, -0.2) is 49.4 Å². The van der Waals surface area contributed by atoms with Crippen molar-refractivity contribution < 1.29 is 9.59 Å². The second kappa shape index (κ2) is 9.58. The first-order chi connectivity index (χ1) is 14.7. The summed E-state index contributed by atoms with van der Waals surface area (Å²) in [5, 5.41) is 4.22. The Morgan fingerprint density at radius 1 is 1.16 bits per heavy atom. The molecule has 168 valence electrons. The predicted molar refractivity (Wildman–Crippen MR) is 120 cm³/mol. The van der Waals surface area contributed by atoms with Gasteiger partial charge in [0.15, 0.2) is 5.78 Å². The number of anilines is 1. The van der Waals surface area contributed by atoms with Crippen molar-refractivity contribution in [2.24, 2.45) is 18.9 Å². The van der Waals surface area contributed by atoms with E-state index in [0.29, 0.717) is 28.8 Å². The van der Waals surface area contributed by atoms with Gasteiger partial charge in [-0.25, -0.2) is 9.97 Å². The number of nitrogens with two attached hydrogens (primary N) is 1. The molecular formula is C23H34N6O2. The van der Waals surface area contributed by atoms with E-state index in [4.69, 9.17) is 5.73 Å². The molecule has 31 heavy (non-hydrogen) atoms. The highest BCUT2D eigenvalue weighted by atomic mass is 16.2. The Labute approximate surface area is 184 Å². The molecule has 2 aromatic heterocycles. The summed E-state index contributed by atoms with van der Waals surface area (Å²) < 4.78 is 1.64. The zero-order valence-corrected chi connectivity index (χ0v) is 19.3. The number of hydrogen-bond donors (Lipinski definition) is 1. The molecule has 8 heteroatoms. The topological polar surface area (TPSA) is 107 Å². The van der Waals surface area contributed by atoms with Crippen LogP contribution in [-0.2, 0) is 18.3 Å². The first-order valence-electron chi connectivity index (χ1n) is 11.1. The van der Waals surface area contributed by atoms with Gasteiger partial charge in [0.25, 0.3) is 0 Å². The number of ketones is 1. The number of carbonyl (C=O) groups is 2. The van der Waals surface area contributed by atoms with Crippen LogP contribution in [0.1, 0.15) is 65.7 Å². The maximum absolute atomic E-state index is 12.9. The lowest BCUT2D eigenvalue weighted by Gasteiger charge is -2.33. The SMILES string of the molecule is Cc1nc(C)c(CCC2CCN(C(=O)[C@H](C)CC(=O)c3cn(C)nc3C)CC2)c(N)n1. The van der Waals surface area contributed by atoms with Crippen molar-refractivity contribution in [2.75, 3.05) is 18.8 Å². The second-order valence-electron chi connectivity index (χ2n) is 8.86. The number of carbonyl (C=O) groups excluding carboxylic acids is 2. The molecule has 0 radical (unpaired) electrons. The summed E-state index contributed by atoms with van der Waals surface area (Å²) in [4.78, 5) is 36.1. The van der Waals surface area contributed by atoms with Crippen molar-refractivity contribution in [3.8, 4) is 0 Å². The number of Topliss-reactive ketones (excluding diaryl/α,β-unsaturated/α-hetero) is 1. The molecule has 1 aliphatic heterocycles. The van der Waals surface area contributed by atoms with Crippen LogP contribution in [0.15, 0.2) is 6.20 Å². The molecule has 0 unspecified atom stereocenters. The molecule has 1 aliphatic rings. The minimum Gasteiger partial charge on any atom is -0.383 e. The number of hydrogen-bond acceptors (Lipinski definition) is 6. The largest absolute Gasteiger partial charge is 0.383 e. The van der Waals surface area contributed by atoms with Gasteiger partial charge in [0.2, 0.25) is 5.91 Å². The summed E-state index contributed by atoms with van der Waals surface area (Å²) in [5.41, 5.74) is 9.41. The Morgan fingerprint density at radius 3 is 2.42 bits per heavy atom. The van der Waals surface area contributed by atoms with Gasteiger partial charge in [0.1, 0.15) is 11.6 Å². The van der Waals surface area contributed by atoms with E-state index in [1.165, 1.54) is 0 Å². The molecule has 0 aromatic carbocycles. The smallest absolute Gasteiger partial charge is 0.225 e. The third-order valence-electron chi connectivity index (χ3n) is 6.31. The van der Waals surface area contributed by atoms with Crippen molar-refractivity contribution >= 4 is 17.5 Å². The van der Waals surface area contributed by atoms with E-state index in [1.54, 1.807) is 17.9 Å². The molecule has 0 bridgehead atoms. The first-order valence-corrected chi connectivity index (χ1v) is 11.1. The Morgan fingerprint density at radius 2 is 1.84 bits per heavy atom. The van der Waals surface area contributed by atoms with E-state index in [2.05, 4.69) is 15.1 Å². The van der Waals surface area contributed by atoms with Crippen molar-refractivity contribution in [1.82, 2.24) is 24.6 Å². The Hall–Kier alpha value is -2.77. The van der Waals surface area contributed by atoms with Gasteiger partial charge in [0, 0.05) is 49.9 Å². The van der Waals surface area contributed by atoms with Crippen LogP contribution in [0.4, 0.5) is 5.82 Å². The number of likely N-dealkylation sites (tertiary alicyclic amines) is 1. The normalized spacial score (nSPS) is 15.8. The van der Waals surface area contributed by atoms with Gasteiger partial charge >= 0.3 is 0 Å². The van der Waals surface area contributed by atoms with E-state index < -0.39 is 0 Å². The Kier molecular flexibility index (Phi) is 7.08.